The number of cyclic esters (lactones) is 1. The maximum Gasteiger partial charge on any atom is 0.309 e. The number of esters is 1. The zero-order chi connectivity index (χ0) is 52.3. The maximum atomic E-state index is 14.6. The van der Waals surface area contributed by atoms with Crippen LogP contribution in [0.4, 0.5) is 0 Å². The van der Waals surface area contributed by atoms with Gasteiger partial charge < -0.3 is 49.3 Å². The van der Waals surface area contributed by atoms with Crippen LogP contribution in [0.15, 0.2) is 84.9 Å². The number of hydrogen-bond acceptors (Lipinski definition) is 11. The molecule has 13 atom stereocenters. The van der Waals surface area contributed by atoms with Gasteiger partial charge in [0, 0.05) is 31.1 Å². The third kappa shape index (κ3) is 14.7. The Morgan fingerprint density at radius 1 is 0.817 bits per heavy atom. The molecule has 0 aliphatic carbocycles. The van der Waals surface area contributed by atoms with Gasteiger partial charge in [0.05, 0.1) is 35.9 Å². The van der Waals surface area contributed by atoms with Gasteiger partial charge >= 0.3 is 5.97 Å². The summed E-state index contributed by atoms with van der Waals surface area (Å²) in [5, 5.41) is 52.2. The van der Waals surface area contributed by atoms with Gasteiger partial charge in [-0.05, 0) is 143 Å². The normalized spacial score (nSPS) is 31.8. The first-order valence-electron chi connectivity index (χ1n) is 26.6. The second-order valence-corrected chi connectivity index (χ2v) is 25.9. The standard InChI is InChI=1S/C58H91N3O9P/c1-13-50-58(8,67)53(64)44(6)61(38-40(2)37-57(7,66)54(41(3)35-42(4)55(65)69-50)70-56-52(63)48(60(11)12)36-43(5)68-56)51(62)33-23-15-14-16-26-34-71(46-28-19-17-20-29-46,47-30-21-18-22-31-47)49-32-25-24-27-45(49)39-59(9)10/h17-22,24-25,27-32,40-44,48,50,52-54,56,63-64,66-67H,13-16,23,26,33-39H2,1-12H3/q+1/t40-,41+,42-,43-,44-,48+,50-,52-,53-,54-,56+,57-,58-/m1/s1. The van der Waals surface area contributed by atoms with E-state index in [1.54, 1.807) is 32.6 Å². The molecular formula is C58H91N3O9P+. The van der Waals surface area contributed by atoms with Gasteiger partial charge in [-0.1, -0.05) is 95.1 Å². The maximum absolute atomic E-state index is 14.6. The molecule has 2 aliphatic heterocycles. The van der Waals surface area contributed by atoms with Crippen LogP contribution in [0.1, 0.15) is 125 Å². The van der Waals surface area contributed by atoms with Crippen LogP contribution in [0, 0.1) is 17.8 Å². The summed E-state index contributed by atoms with van der Waals surface area (Å²) < 4.78 is 18.9. The van der Waals surface area contributed by atoms with Crippen LogP contribution >= 0.6 is 7.26 Å². The van der Waals surface area contributed by atoms with Crippen LogP contribution in [0.2, 0.25) is 0 Å². The molecule has 13 heteroatoms. The second kappa shape index (κ2) is 26.3. The molecule has 0 spiro atoms. The summed E-state index contributed by atoms with van der Waals surface area (Å²) in [6, 6.07) is 29.9. The molecule has 12 nitrogen and oxygen atoms in total. The first kappa shape index (κ1) is 58.6. The Bertz CT molecular complexity index is 2050. The molecule has 4 N–H and O–H groups in total. The van der Waals surface area contributed by atoms with Gasteiger partial charge in [0.2, 0.25) is 5.91 Å². The van der Waals surface area contributed by atoms with Gasteiger partial charge in [-0.2, -0.15) is 0 Å². The highest BCUT2D eigenvalue weighted by atomic mass is 31.2. The SMILES string of the molecule is CC[C@H]1OC(=O)[C@H](C)C[C@H](C)[C@@H](O[C@@H]2O[C@H](C)C[C@H](N(C)C)[C@H]2O)[C@](C)(O)C[C@@H](C)CN(C(=O)CCCCCCC[P+](c2ccccc2)(c2ccccc2)c2ccccc2CN(C)C)[C@H](C)[C@@H](O)[C@]1(C)O. The monoisotopic (exact) mass is 1000 g/mol. The van der Waals surface area contributed by atoms with Crippen molar-refractivity contribution in [2.75, 3.05) is 40.9 Å². The van der Waals surface area contributed by atoms with Crippen LogP contribution in [-0.2, 0) is 30.3 Å². The molecule has 3 aromatic carbocycles. The number of aliphatic hydroxyl groups excluding tert-OH is 2. The van der Waals surface area contributed by atoms with Crippen molar-refractivity contribution in [2.24, 2.45) is 17.8 Å². The van der Waals surface area contributed by atoms with Crippen molar-refractivity contribution in [1.82, 2.24) is 14.7 Å². The van der Waals surface area contributed by atoms with E-state index in [-0.39, 0.29) is 56.2 Å². The molecule has 1 amide bonds. The average Bonchev–Trinajstić information content (AvgIpc) is 3.32. The van der Waals surface area contributed by atoms with Gasteiger partial charge in [-0.25, -0.2) is 0 Å². The predicted octanol–water partition coefficient (Wildman–Crippen LogP) is 7.30. The summed E-state index contributed by atoms with van der Waals surface area (Å²) in [5.74, 6) is -2.05. The Kier molecular flexibility index (Phi) is 21.7. The number of carbonyl (C=O) groups excluding carboxylic acids is 2. The number of nitrogens with zero attached hydrogens (tertiary/aromatic N) is 3. The van der Waals surface area contributed by atoms with Gasteiger partial charge in [0.15, 0.2) is 6.29 Å². The Balaban J connectivity index is 1.35. The third-order valence-corrected chi connectivity index (χ3v) is 20.0. The van der Waals surface area contributed by atoms with Crippen molar-refractivity contribution >= 4 is 35.1 Å². The molecule has 5 rings (SSSR count). The van der Waals surface area contributed by atoms with Crippen molar-refractivity contribution in [2.45, 2.75) is 186 Å². The molecule has 396 valence electrons. The van der Waals surface area contributed by atoms with Crippen LogP contribution in [0.3, 0.4) is 0 Å². The van der Waals surface area contributed by atoms with E-state index in [0.717, 1.165) is 38.4 Å². The number of amides is 1. The van der Waals surface area contributed by atoms with Gasteiger partial charge in [-0.15, -0.1) is 0 Å². The van der Waals surface area contributed by atoms with E-state index < -0.39 is 73.0 Å². The molecule has 0 aromatic heterocycles. The van der Waals surface area contributed by atoms with Crippen molar-refractivity contribution in [3.05, 3.63) is 90.5 Å². The van der Waals surface area contributed by atoms with Gasteiger partial charge in [-0.3, -0.25) is 9.59 Å². The summed E-state index contributed by atoms with van der Waals surface area (Å²) in [6.45, 7) is 15.3. The minimum Gasteiger partial charge on any atom is -0.459 e. The molecule has 2 saturated heterocycles. The lowest BCUT2D eigenvalue weighted by molar-refractivity contribution is -0.295. The highest BCUT2D eigenvalue weighted by molar-refractivity contribution is 7.95. The van der Waals surface area contributed by atoms with E-state index in [4.69, 9.17) is 14.2 Å². The van der Waals surface area contributed by atoms with Crippen LogP contribution in [0.5, 0.6) is 0 Å². The molecule has 3 aromatic rings. The number of likely N-dealkylation sites (N-methyl/N-ethyl adjacent to an activating group) is 1. The molecule has 2 fully saturated rings. The molecule has 2 aliphatic rings. The minimum atomic E-state index is -2.05. The molecule has 71 heavy (non-hydrogen) atoms. The lowest BCUT2D eigenvalue weighted by atomic mass is 9.79. The zero-order valence-corrected chi connectivity index (χ0v) is 46.1. The largest absolute Gasteiger partial charge is 0.459 e. The molecule has 0 saturated carbocycles. The quantitative estimate of drug-likeness (QED) is 0.0613. The summed E-state index contributed by atoms with van der Waals surface area (Å²) in [4.78, 5) is 34.2. The van der Waals surface area contributed by atoms with E-state index in [2.05, 4.69) is 104 Å². The number of unbranched alkanes of at least 4 members (excludes halogenated alkanes) is 4. The molecule has 0 unspecified atom stereocenters. The summed E-state index contributed by atoms with van der Waals surface area (Å²) in [5.41, 5.74) is -2.03. The smallest absolute Gasteiger partial charge is 0.309 e. The van der Waals surface area contributed by atoms with Crippen molar-refractivity contribution < 1.29 is 44.2 Å². The van der Waals surface area contributed by atoms with Crippen molar-refractivity contribution in [3.8, 4) is 0 Å². The number of aliphatic hydroxyl groups is 4. The number of ether oxygens (including phenoxy) is 3. The zero-order valence-electron chi connectivity index (χ0n) is 45.2. The topological polar surface area (TPSA) is 152 Å². The number of carbonyl (C=O) groups is 2. The predicted molar refractivity (Wildman–Crippen MR) is 288 cm³/mol. The average molecular weight is 1010 g/mol. The Hall–Kier alpha value is -3.29. The van der Waals surface area contributed by atoms with E-state index in [1.807, 2.05) is 39.8 Å². The summed E-state index contributed by atoms with van der Waals surface area (Å²) in [7, 11) is 6.02. The Morgan fingerprint density at radius 3 is 1.99 bits per heavy atom. The molecular weight excluding hydrogens is 914 g/mol. The molecule has 0 bridgehead atoms. The van der Waals surface area contributed by atoms with E-state index in [0.29, 0.717) is 12.8 Å². The molecule has 2 heterocycles. The van der Waals surface area contributed by atoms with Crippen LogP contribution in [-0.4, -0.2) is 148 Å². The Morgan fingerprint density at radius 2 is 1.39 bits per heavy atom. The minimum absolute atomic E-state index is 0.152. The van der Waals surface area contributed by atoms with Crippen LogP contribution in [0.25, 0.3) is 0 Å². The van der Waals surface area contributed by atoms with Crippen molar-refractivity contribution in [1.29, 1.82) is 0 Å². The first-order chi connectivity index (χ1) is 33.5. The lowest BCUT2D eigenvalue weighted by Gasteiger charge is -2.46. The summed E-state index contributed by atoms with van der Waals surface area (Å²) in [6.07, 6.45) is 1.48. The second-order valence-electron chi connectivity index (χ2n) is 22.3. The fraction of sp³-hybridized carbons (Fsp3) is 0.655. The van der Waals surface area contributed by atoms with Gasteiger partial charge in [0.1, 0.15) is 47.1 Å². The van der Waals surface area contributed by atoms with E-state index >= 15 is 0 Å². The Labute approximate surface area is 427 Å². The molecule has 0 radical (unpaired) electrons. The van der Waals surface area contributed by atoms with Crippen LogP contribution < -0.4 is 15.9 Å². The lowest BCUT2D eigenvalue weighted by Crippen LogP contribution is -2.60. The number of benzene rings is 3. The third-order valence-electron chi connectivity index (χ3n) is 15.4. The number of hydrogen-bond donors (Lipinski definition) is 4. The number of rotatable bonds is 17. The summed E-state index contributed by atoms with van der Waals surface area (Å²) >= 11 is 0. The van der Waals surface area contributed by atoms with E-state index in [1.165, 1.54) is 28.4 Å². The highest BCUT2D eigenvalue weighted by Gasteiger charge is 2.50. The highest BCUT2D eigenvalue weighted by Crippen LogP contribution is 2.57. The van der Waals surface area contributed by atoms with E-state index in [9.17, 15) is 30.0 Å². The van der Waals surface area contributed by atoms with Gasteiger partial charge in [0.25, 0.3) is 0 Å². The first-order valence-corrected chi connectivity index (χ1v) is 28.5. The van der Waals surface area contributed by atoms with Crippen molar-refractivity contribution in [3.63, 3.8) is 0 Å². The fourth-order valence-electron chi connectivity index (χ4n) is 11.7. The fourth-order valence-corrected chi connectivity index (χ4v) is 16.4.